The number of aliphatic hydroxyl groups excluding tert-OH is 1. The van der Waals surface area contributed by atoms with E-state index in [0.717, 1.165) is 0 Å². The smallest absolute Gasteiger partial charge is 0.430 e. The Morgan fingerprint density at radius 2 is 0.905 bits per heavy atom. The second-order valence-electron chi connectivity index (χ2n) is 7.81. The number of ether oxygens (including phenoxy) is 2. The first-order valence-electron chi connectivity index (χ1n) is 9.56. The van der Waals surface area contributed by atoms with E-state index >= 15 is 0 Å². The Labute approximate surface area is 217 Å². The standard InChI is InChI=1S/C17H11F21O4/c1-3-6(40)42-7(41-2)5(39)4-8(18,19)9(20,21)10(22,23)11(24,25)12(26,27)13(28,29)14(30,31)15(32,33)16(34,35)17(36,37)38/h3,5,7,39H,1,4H2,2H3. The average Bonchev–Trinajstić information content (AvgIpc) is 2.79. The fourth-order valence-corrected chi connectivity index (χ4v) is 2.52. The van der Waals surface area contributed by atoms with Gasteiger partial charge in [0.15, 0.2) is 0 Å². The molecule has 0 aromatic heterocycles. The van der Waals surface area contributed by atoms with Crippen LogP contribution in [0.25, 0.3) is 0 Å². The van der Waals surface area contributed by atoms with Crippen LogP contribution >= 0.6 is 0 Å². The molecule has 0 aromatic rings. The Balaban J connectivity index is 6.91. The van der Waals surface area contributed by atoms with Crippen molar-refractivity contribution in [3.63, 3.8) is 0 Å². The third-order valence-electron chi connectivity index (χ3n) is 4.99. The zero-order chi connectivity index (χ0) is 34.6. The number of methoxy groups -OCH3 is 1. The molecule has 0 saturated heterocycles. The van der Waals surface area contributed by atoms with Crippen LogP contribution in [0.3, 0.4) is 0 Å². The maximum atomic E-state index is 13.9. The van der Waals surface area contributed by atoms with E-state index in [1.54, 1.807) is 0 Å². The highest BCUT2D eigenvalue weighted by Gasteiger charge is 2.97. The predicted octanol–water partition coefficient (Wildman–Crippen LogP) is 6.72. The second-order valence-corrected chi connectivity index (χ2v) is 7.81. The van der Waals surface area contributed by atoms with Crippen LogP contribution in [0.2, 0.25) is 0 Å². The molecule has 1 N–H and O–H groups in total. The molecule has 4 nitrogen and oxygen atoms in total. The molecule has 0 saturated carbocycles. The molecule has 25 heteroatoms. The Bertz CT molecular complexity index is 986. The van der Waals surface area contributed by atoms with Crippen molar-refractivity contribution < 1.29 is 112 Å². The van der Waals surface area contributed by atoms with Crippen LogP contribution in [0, 0.1) is 0 Å². The van der Waals surface area contributed by atoms with E-state index in [0.29, 0.717) is 7.11 Å². The van der Waals surface area contributed by atoms with E-state index in [1.165, 1.54) is 0 Å². The molecule has 0 aliphatic carbocycles. The van der Waals surface area contributed by atoms with Crippen molar-refractivity contribution >= 4 is 5.97 Å². The zero-order valence-corrected chi connectivity index (χ0v) is 19.3. The van der Waals surface area contributed by atoms with Crippen molar-refractivity contribution in [2.45, 2.75) is 78.3 Å². The van der Waals surface area contributed by atoms with Crippen molar-refractivity contribution in [2.24, 2.45) is 0 Å². The van der Waals surface area contributed by atoms with Crippen LogP contribution in [0.5, 0.6) is 0 Å². The molecule has 0 aliphatic rings. The van der Waals surface area contributed by atoms with Gasteiger partial charge in [-0.1, -0.05) is 6.58 Å². The molecular formula is C17H11F21O4. The molecule has 0 bridgehead atoms. The third kappa shape index (κ3) is 5.53. The summed E-state index contributed by atoms with van der Waals surface area (Å²) in [5.41, 5.74) is 0. The first-order valence-corrected chi connectivity index (χ1v) is 9.56. The number of aliphatic hydroxyl groups is 1. The van der Waals surface area contributed by atoms with Gasteiger partial charge in [-0.2, -0.15) is 92.2 Å². The van der Waals surface area contributed by atoms with Gasteiger partial charge in [-0.3, -0.25) is 0 Å². The molecule has 2 atom stereocenters. The van der Waals surface area contributed by atoms with Crippen LogP contribution < -0.4 is 0 Å². The minimum absolute atomic E-state index is 0.159. The summed E-state index contributed by atoms with van der Waals surface area (Å²) in [5, 5.41) is 9.35. The molecule has 0 aliphatic heterocycles. The van der Waals surface area contributed by atoms with E-state index in [4.69, 9.17) is 0 Å². The van der Waals surface area contributed by atoms with Crippen LogP contribution in [-0.4, -0.2) is 90.1 Å². The number of carbonyl (C=O) groups excluding carboxylic acids is 1. The van der Waals surface area contributed by atoms with E-state index in [9.17, 15) is 102 Å². The van der Waals surface area contributed by atoms with Crippen LogP contribution in [0.1, 0.15) is 6.42 Å². The summed E-state index contributed by atoms with van der Waals surface area (Å²) in [7, 11) is 0.310. The molecule has 0 fully saturated rings. The van der Waals surface area contributed by atoms with Gasteiger partial charge in [0, 0.05) is 19.6 Å². The highest BCUT2D eigenvalue weighted by Crippen LogP contribution is 2.66. The Morgan fingerprint density at radius 1 is 0.619 bits per heavy atom. The van der Waals surface area contributed by atoms with Crippen molar-refractivity contribution in [1.29, 1.82) is 0 Å². The van der Waals surface area contributed by atoms with Gasteiger partial charge in [-0.25, -0.2) is 4.79 Å². The van der Waals surface area contributed by atoms with Gasteiger partial charge in [0.05, 0.1) is 0 Å². The maximum absolute atomic E-state index is 13.9. The topological polar surface area (TPSA) is 55.8 Å². The average molecular weight is 678 g/mol. The van der Waals surface area contributed by atoms with Gasteiger partial charge in [0.2, 0.25) is 6.29 Å². The molecule has 42 heavy (non-hydrogen) atoms. The lowest BCUT2D eigenvalue weighted by atomic mass is 9.85. The first-order chi connectivity index (χ1) is 18.0. The monoisotopic (exact) mass is 678 g/mol. The van der Waals surface area contributed by atoms with Crippen LogP contribution in [-0.2, 0) is 14.3 Å². The zero-order valence-electron chi connectivity index (χ0n) is 19.3. The highest BCUT2D eigenvalue weighted by atomic mass is 19.4. The molecular weight excluding hydrogens is 667 g/mol. The van der Waals surface area contributed by atoms with Crippen molar-refractivity contribution in [1.82, 2.24) is 0 Å². The minimum atomic E-state index is -9.28. The number of halogens is 21. The molecule has 0 amide bonds. The fourth-order valence-electron chi connectivity index (χ4n) is 2.52. The number of hydrogen-bond donors (Lipinski definition) is 1. The van der Waals surface area contributed by atoms with Gasteiger partial charge in [0.1, 0.15) is 6.10 Å². The first kappa shape index (κ1) is 39.7. The van der Waals surface area contributed by atoms with Gasteiger partial charge >= 0.3 is 65.4 Å². The maximum Gasteiger partial charge on any atom is 0.460 e. The van der Waals surface area contributed by atoms with Gasteiger partial charge in [0.25, 0.3) is 0 Å². The molecule has 2 unspecified atom stereocenters. The number of esters is 1. The van der Waals surface area contributed by atoms with E-state index in [-0.39, 0.29) is 6.08 Å². The van der Waals surface area contributed by atoms with Crippen molar-refractivity contribution in [3.8, 4) is 0 Å². The van der Waals surface area contributed by atoms with Crippen molar-refractivity contribution in [2.75, 3.05) is 7.11 Å². The fraction of sp³-hybridized carbons (Fsp3) is 0.824. The number of carbonyl (C=O) groups is 1. The summed E-state index contributed by atoms with van der Waals surface area (Å²) in [4.78, 5) is 10.9. The molecule has 0 radical (unpaired) electrons. The Kier molecular flexibility index (Phi) is 10.4. The number of rotatable bonds is 14. The Hall–Kier alpha value is -2.34. The summed E-state index contributed by atoms with van der Waals surface area (Å²) < 4.78 is 288. The molecule has 0 spiro atoms. The summed E-state index contributed by atoms with van der Waals surface area (Å²) in [6.45, 7) is 2.69. The lowest BCUT2D eigenvalue weighted by Crippen LogP contribution is -2.76. The molecule has 0 heterocycles. The third-order valence-corrected chi connectivity index (χ3v) is 4.99. The number of hydrogen-bond acceptors (Lipinski definition) is 4. The summed E-state index contributed by atoms with van der Waals surface area (Å²) in [6, 6.07) is 0. The quantitative estimate of drug-likeness (QED) is 0.0961. The largest absolute Gasteiger partial charge is 0.460 e. The summed E-state index contributed by atoms with van der Waals surface area (Å²) >= 11 is 0. The summed E-state index contributed by atoms with van der Waals surface area (Å²) in [6.07, 6.45) is -17.8. The lowest BCUT2D eigenvalue weighted by Gasteiger charge is -2.44. The molecule has 0 aromatic carbocycles. The van der Waals surface area contributed by atoms with Gasteiger partial charge < -0.3 is 14.6 Å². The van der Waals surface area contributed by atoms with E-state index in [2.05, 4.69) is 16.1 Å². The molecule has 0 rings (SSSR count). The highest BCUT2D eigenvalue weighted by molar-refractivity contribution is 5.81. The normalized spacial score (nSPS) is 17.1. The minimum Gasteiger partial charge on any atom is -0.430 e. The summed E-state index contributed by atoms with van der Waals surface area (Å²) in [5.74, 6) is -80.2. The Morgan fingerprint density at radius 3 is 1.17 bits per heavy atom. The SMILES string of the molecule is C=CC(=O)OC(OC)C(O)CC(F)(F)C(F)(F)C(F)(F)C(F)(F)C(F)(F)C(F)(F)C(F)(F)C(F)(F)C(F)(F)C(F)(F)F. The van der Waals surface area contributed by atoms with Gasteiger partial charge in [-0.15, -0.1) is 0 Å². The van der Waals surface area contributed by atoms with Crippen LogP contribution in [0.15, 0.2) is 12.7 Å². The second kappa shape index (κ2) is 11.0. The number of alkyl halides is 21. The van der Waals surface area contributed by atoms with Crippen molar-refractivity contribution in [3.05, 3.63) is 12.7 Å². The predicted molar refractivity (Wildman–Crippen MR) is 88.3 cm³/mol. The lowest BCUT2D eigenvalue weighted by molar-refractivity contribution is -0.474. The van der Waals surface area contributed by atoms with Gasteiger partial charge in [-0.05, 0) is 0 Å². The van der Waals surface area contributed by atoms with E-state index < -0.39 is 84.3 Å². The molecule has 250 valence electrons. The van der Waals surface area contributed by atoms with Crippen LogP contribution in [0.4, 0.5) is 92.2 Å². The van der Waals surface area contributed by atoms with E-state index in [1.807, 2.05) is 0 Å².